The lowest BCUT2D eigenvalue weighted by Crippen LogP contribution is -2.38. The van der Waals surface area contributed by atoms with Gasteiger partial charge in [-0.2, -0.15) is 0 Å². The Morgan fingerprint density at radius 3 is 2.35 bits per heavy atom. The molecule has 4 nitrogen and oxygen atoms in total. The molecule has 1 atom stereocenters. The highest BCUT2D eigenvalue weighted by Crippen LogP contribution is 2.11. The molecular formula is C19H22N2O2. The van der Waals surface area contributed by atoms with Gasteiger partial charge in [0.05, 0.1) is 12.6 Å². The summed E-state index contributed by atoms with van der Waals surface area (Å²) in [7, 11) is 0. The van der Waals surface area contributed by atoms with E-state index in [9.17, 15) is 9.59 Å². The predicted molar refractivity (Wildman–Crippen MR) is 91.2 cm³/mol. The van der Waals surface area contributed by atoms with Gasteiger partial charge >= 0.3 is 0 Å². The van der Waals surface area contributed by atoms with E-state index in [1.54, 1.807) is 6.07 Å². The van der Waals surface area contributed by atoms with Crippen LogP contribution in [0.25, 0.3) is 0 Å². The van der Waals surface area contributed by atoms with Crippen LogP contribution in [0.2, 0.25) is 0 Å². The number of nitrogens with one attached hydrogen (secondary N) is 2. The van der Waals surface area contributed by atoms with Crippen LogP contribution in [-0.2, 0) is 4.79 Å². The predicted octanol–water partition coefficient (Wildman–Crippen LogP) is 2.91. The minimum absolute atomic E-state index is 0.0388. The molecule has 1 unspecified atom stereocenters. The van der Waals surface area contributed by atoms with E-state index < -0.39 is 0 Å². The molecule has 0 saturated heterocycles. The van der Waals surface area contributed by atoms with Crippen molar-refractivity contribution < 1.29 is 9.59 Å². The smallest absolute Gasteiger partial charge is 0.251 e. The van der Waals surface area contributed by atoms with Crippen molar-refractivity contribution in [2.45, 2.75) is 26.8 Å². The molecule has 120 valence electrons. The van der Waals surface area contributed by atoms with Gasteiger partial charge in [0.15, 0.2) is 0 Å². The first kappa shape index (κ1) is 16.7. The van der Waals surface area contributed by atoms with Gasteiger partial charge in [-0.05, 0) is 49.6 Å². The molecule has 0 radical (unpaired) electrons. The zero-order valence-electron chi connectivity index (χ0n) is 13.7. The standard InChI is InChI=1S/C19H22N2O2/c1-13-9-10-17(11-14(13)2)19(23)20-12-18(22)21-15(3)16-7-5-4-6-8-16/h4-11,15H,12H2,1-3H3,(H,20,23)(H,21,22). The van der Waals surface area contributed by atoms with Crippen molar-refractivity contribution in [1.29, 1.82) is 0 Å². The fourth-order valence-electron chi connectivity index (χ4n) is 2.26. The fourth-order valence-corrected chi connectivity index (χ4v) is 2.26. The van der Waals surface area contributed by atoms with E-state index in [2.05, 4.69) is 10.6 Å². The highest BCUT2D eigenvalue weighted by molar-refractivity contribution is 5.96. The van der Waals surface area contributed by atoms with Crippen LogP contribution in [0.4, 0.5) is 0 Å². The normalized spacial score (nSPS) is 11.6. The summed E-state index contributed by atoms with van der Waals surface area (Å²) in [6.07, 6.45) is 0. The molecule has 0 aliphatic heterocycles. The summed E-state index contributed by atoms with van der Waals surface area (Å²) in [6.45, 7) is 5.83. The first-order valence-corrected chi connectivity index (χ1v) is 7.67. The van der Waals surface area contributed by atoms with E-state index in [1.165, 1.54) is 0 Å². The molecule has 0 aliphatic rings. The van der Waals surface area contributed by atoms with Gasteiger partial charge < -0.3 is 10.6 Å². The maximum Gasteiger partial charge on any atom is 0.251 e. The van der Waals surface area contributed by atoms with Crippen molar-refractivity contribution in [2.75, 3.05) is 6.54 Å². The van der Waals surface area contributed by atoms with Crippen LogP contribution < -0.4 is 10.6 Å². The summed E-state index contributed by atoms with van der Waals surface area (Å²) < 4.78 is 0. The van der Waals surface area contributed by atoms with Gasteiger partial charge in [0.25, 0.3) is 5.91 Å². The molecule has 4 heteroatoms. The second kappa shape index (κ2) is 7.58. The maximum absolute atomic E-state index is 12.1. The molecule has 0 heterocycles. The molecule has 0 aromatic heterocycles. The van der Waals surface area contributed by atoms with E-state index in [0.29, 0.717) is 5.56 Å². The van der Waals surface area contributed by atoms with E-state index in [4.69, 9.17) is 0 Å². The minimum atomic E-state index is -0.240. The summed E-state index contributed by atoms with van der Waals surface area (Å²) in [5.41, 5.74) is 3.79. The lowest BCUT2D eigenvalue weighted by molar-refractivity contribution is -0.120. The second-order valence-electron chi connectivity index (χ2n) is 5.68. The average molecular weight is 310 g/mol. The Balaban J connectivity index is 1.86. The van der Waals surface area contributed by atoms with Gasteiger partial charge in [-0.1, -0.05) is 36.4 Å². The monoisotopic (exact) mass is 310 g/mol. The lowest BCUT2D eigenvalue weighted by Gasteiger charge is -2.14. The summed E-state index contributed by atoms with van der Waals surface area (Å²) in [5.74, 6) is -0.450. The van der Waals surface area contributed by atoms with E-state index in [1.807, 2.05) is 63.2 Å². The zero-order valence-corrected chi connectivity index (χ0v) is 13.7. The Morgan fingerprint density at radius 2 is 1.70 bits per heavy atom. The van der Waals surface area contributed by atoms with Crippen LogP contribution in [0.15, 0.2) is 48.5 Å². The number of aryl methyl sites for hydroxylation is 2. The van der Waals surface area contributed by atoms with Gasteiger partial charge in [0, 0.05) is 5.56 Å². The van der Waals surface area contributed by atoms with E-state index in [-0.39, 0.29) is 24.4 Å². The fraction of sp³-hybridized carbons (Fsp3) is 0.263. The molecule has 2 rings (SSSR count). The third-order valence-corrected chi connectivity index (χ3v) is 3.86. The van der Waals surface area contributed by atoms with Crippen molar-refractivity contribution in [2.24, 2.45) is 0 Å². The molecule has 0 spiro atoms. The number of amides is 2. The molecule has 2 amide bonds. The molecule has 2 aromatic rings. The molecule has 23 heavy (non-hydrogen) atoms. The number of carbonyl (C=O) groups is 2. The molecule has 0 fully saturated rings. The maximum atomic E-state index is 12.1. The van der Waals surface area contributed by atoms with Gasteiger partial charge in [0.2, 0.25) is 5.91 Å². The SMILES string of the molecule is Cc1ccc(C(=O)NCC(=O)NC(C)c2ccccc2)cc1C. The summed E-state index contributed by atoms with van der Waals surface area (Å²) in [4.78, 5) is 24.0. The third kappa shape index (κ3) is 4.68. The largest absolute Gasteiger partial charge is 0.348 e. The van der Waals surface area contributed by atoms with Crippen LogP contribution in [0, 0.1) is 13.8 Å². The Bertz CT molecular complexity index is 696. The average Bonchev–Trinajstić information content (AvgIpc) is 2.56. The van der Waals surface area contributed by atoms with Crippen LogP contribution in [0.3, 0.4) is 0 Å². The van der Waals surface area contributed by atoms with Gasteiger partial charge in [-0.3, -0.25) is 9.59 Å². The van der Waals surface area contributed by atoms with Crippen molar-refractivity contribution in [3.8, 4) is 0 Å². The Kier molecular flexibility index (Phi) is 5.52. The second-order valence-corrected chi connectivity index (χ2v) is 5.68. The summed E-state index contributed by atoms with van der Waals surface area (Å²) in [5, 5.41) is 5.52. The van der Waals surface area contributed by atoms with Gasteiger partial charge in [-0.25, -0.2) is 0 Å². The Morgan fingerprint density at radius 1 is 1.00 bits per heavy atom. The highest BCUT2D eigenvalue weighted by atomic mass is 16.2. The van der Waals surface area contributed by atoms with Crippen LogP contribution in [-0.4, -0.2) is 18.4 Å². The number of rotatable bonds is 5. The molecule has 0 aliphatic carbocycles. The molecule has 0 saturated carbocycles. The number of benzene rings is 2. The minimum Gasteiger partial charge on any atom is -0.348 e. The number of hydrogen-bond acceptors (Lipinski definition) is 2. The zero-order chi connectivity index (χ0) is 16.8. The summed E-state index contributed by atoms with van der Waals surface area (Å²) >= 11 is 0. The van der Waals surface area contributed by atoms with Crippen LogP contribution in [0.5, 0.6) is 0 Å². The molecule has 2 N–H and O–H groups in total. The van der Waals surface area contributed by atoms with Gasteiger partial charge in [0.1, 0.15) is 0 Å². The first-order valence-electron chi connectivity index (χ1n) is 7.67. The molecular weight excluding hydrogens is 288 g/mol. The van der Waals surface area contributed by atoms with E-state index in [0.717, 1.165) is 16.7 Å². The first-order chi connectivity index (χ1) is 11.0. The third-order valence-electron chi connectivity index (χ3n) is 3.86. The Hall–Kier alpha value is -2.62. The van der Waals surface area contributed by atoms with Crippen molar-refractivity contribution in [3.05, 3.63) is 70.8 Å². The highest BCUT2D eigenvalue weighted by Gasteiger charge is 2.11. The quantitative estimate of drug-likeness (QED) is 0.892. The molecule has 2 aromatic carbocycles. The Labute approximate surface area is 136 Å². The van der Waals surface area contributed by atoms with E-state index >= 15 is 0 Å². The number of carbonyl (C=O) groups excluding carboxylic acids is 2. The topological polar surface area (TPSA) is 58.2 Å². The number of hydrogen-bond donors (Lipinski definition) is 2. The van der Waals surface area contributed by atoms with Crippen LogP contribution in [0.1, 0.15) is 40.0 Å². The van der Waals surface area contributed by atoms with Crippen molar-refractivity contribution in [1.82, 2.24) is 10.6 Å². The lowest BCUT2D eigenvalue weighted by atomic mass is 10.1. The summed E-state index contributed by atoms with van der Waals surface area (Å²) in [6, 6.07) is 15.1. The van der Waals surface area contributed by atoms with Crippen molar-refractivity contribution in [3.63, 3.8) is 0 Å². The van der Waals surface area contributed by atoms with Gasteiger partial charge in [-0.15, -0.1) is 0 Å². The molecule has 0 bridgehead atoms. The van der Waals surface area contributed by atoms with Crippen molar-refractivity contribution >= 4 is 11.8 Å². The van der Waals surface area contributed by atoms with Crippen LogP contribution >= 0.6 is 0 Å².